The van der Waals surface area contributed by atoms with Gasteiger partial charge in [0.15, 0.2) is 0 Å². The number of hydrogen-bond donors (Lipinski definition) is 0. The normalized spacial score (nSPS) is 13.3. The summed E-state index contributed by atoms with van der Waals surface area (Å²) >= 11 is 0. The van der Waals surface area contributed by atoms with Crippen LogP contribution in [0.15, 0.2) is 352 Å². The van der Waals surface area contributed by atoms with Gasteiger partial charge in [0, 0.05) is 90.1 Å². The van der Waals surface area contributed by atoms with Gasteiger partial charge in [-0.15, -0.1) is 0 Å². The highest BCUT2D eigenvalue weighted by Gasteiger charge is 2.49. The van der Waals surface area contributed by atoms with Crippen LogP contribution in [-0.4, -0.2) is 18.0 Å². The zero-order valence-electron chi connectivity index (χ0n) is 60.3. The molecule has 504 valence electrons. The third kappa shape index (κ3) is 9.95. The van der Waals surface area contributed by atoms with Gasteiger partial charge in [0.05, 0.1) is 33.8 Å². The predicted octanol–water partition coefficient (Wildman–Crippen LogP) is 22.3. The summed E-state index contributed by atoms with van der Waals surface area (Å²) in [5.74, 6) is 0. The summed E-state index contributed by atoms with van der Waals surface area (Å²) in [5, 5.41) is 2.51. The van der Waals surface area contributed by atoms with Crippen LogP contribution < -0.4 is 57.3 Å². The van der Waals surface area contributed by atoms with E-state index in [0.29, 0.717) is 0 Å². The fourth-order valence-electron chi connectivity index (χ4n) is 17.7. The maximum Gasteiger partial charge on any atom is 0.252 e. The van der Waals surface area contributed by atoms with Crippen LogP contribution in [0.25, 0.3) is 49.7 Å². The van der Waals surface area contributed by atoms with Crippen LogP contribution in [0.4, 0.5) is 85.3 Å². The molecule has 106 heavy (non-hydrogen) atoms. The van der Waals surface area contributed by atoms with E-state index in [9.17, 15) is 0 Å². The molecule has 20 rings (SSSR count). The third-order valence-corrected chi connectivity index (χ3v) is 22.6. The van der Waals surface area contributed by atoms with Gasteiger partial charge in [0.1, 0.15) is 0 Å². The maximum absolute atomic E-state index is 2.66. The van der Waals surface area contributed by atoms with Gasteiger partial charge >= 0.3 is 0 Å². The summed E-state index contributed by atoms with van der Waals surface area (Å²) in [5.41, 5.74) is 34.6. The molecule has 5 heterocycles. The molecule has 0 atom stereocenters. The van der Waals surface area contributed by atoms with E-state index in [1.807, 2.05) is 0 Å². The van der Waals surface area contributed by atoms with Crippen molar-refractivity contribution >= 4 is 153 Å². The highest BCUT2D eigenvalue weighted by molar-refractivity contribution is 7.03. The third-order valence-electron chi connectivity index (χ3n) is 22.6. The summed E-state index contributed by atoms with van der Waals surface area (Å²) in [7, 11) is 0. The molecule has 16 aromatic rings. The molecule has 0 saturated heterocycles. The summed E-state index contributed by atoms with van der Waals surface area (Å²) in [4.78, 5) is 12.9. The Bertz CT molecular complexity index is 6080. The number of rotatable bonds is 10. The van der Waals surface area contributed by atoms with Gasteiger partial charge in [-0.1, -0.05) is 266 Å². The van der Waals surface area contributed by atoms with E-state index in [1.165, 1.54) is 65.7 Å². The standard InChI is InChI=1S/C98H76B2N6/c1-97(2,3)67-53-55-85-77(57-67)78-58-68(98(4,5)6)54-56-86(78)105(85)74-61-92-95-93(62-74)104(72-43-23-12-24-44-72)89-64-90-82(63-81(89)99(95)79-47-27-31-51-87(79)103(92)71-41-21-11-22-42-71)100-80-48-28-32-52-88(80)102(70-39-19-10-20-40-70)91-59-73(60-94(96(91)100)106(90)84-50-30-26-46-76(84)66-35-15-8-16-36-66)101(69-37-17-9-18-38-69)83-49-29-25-45-75(83)65-33-13-7-14-34-65/h7-64H,1-6H3. The molecule has 4 aliphatic heterocycles. The Balaban J connectivity index is 0.923. The lowest BCUT2D eigenvalue weighted by Gasteiger charge is -2.48. The van der Waals surface area contributed by atoms with Gasteiger partial charge in [0.2, 0.25) is 0 Å². The average molecular weight is 1360 g/mol. The summed E-state index contributed by atoms with van der Waals surface area (Å²) in [6, 6.07) is 132. The monoisotopic (exact) mass is 1360 g/mol. The van der Waals surface area contributed by atoms with Crippen LogP contribution in [-0.2, 0) is 10.8 Å². The predicted molar refractivity (Wildman–Crippen MR) is 452 cm³/mol. The first-order valence-electron chi connectivity index (χ1n) is 37.2. The molecule has 0 N–H and O–H groups in total. The van der Waals surface area contributed by atoms with Crippen molar-refractivity contribution in [1.29, 1.82) is 0 Å². The molecule has 0 spiro atoms. The molecule has 0 fully saturated rings. The van der Waals surface area contributed by atoms with Crippen LogP contribution in [0, 0.1) is 0 Å². The van der Waals surface area contributed by atoms with Gasteiger partial charge < -0.3 is 29.1 Å². The largest absolute Gasteiger partial charge is 0.311 e. The average Bonchev–Trinajstić information content (AvgIpc) is 0.734. The van der Waals surface area contributed by atoms with Crippen LogP contribution in [0.2, 0.25) is 0 Å². The van der Waals surface area contributed by atoms with E-state index in [1.54, 1.807) is 0 Å². The first-order valence-corrected chi connectivity index (χ1v) is 37.2. The lowest BCUT2D eigenvalue weighted by molar-refractivity contribution is 0.590. The topological polar surface area (TPSA) is 21.1 Å². The van der Waals surface area contributed by atoms with Gasteiger partial charge in [-0.3, -0.25) is 0 Å². The van der Waals surface area contributed by atoms with Gasteiger partial charge in [-0.05, 0) is 193 Å². The van der Waals surface area contributed by atoms with Crippen molar-refractivity contribution in [2.45, 2.75) is 52.4 Å². The van der Waals surface area contributed by atoms with Crippen molar-refractivity contribution in [3.05, 3.63) is 363 Å². The lowest BCUT2D eigenvalue weighted by Crippen LogP contribution is -2.65. The lowest BCUT2D eigenvalue weighted by atomic mass is 9.30. The number of aromatic nitrogens is 1. The van der Waals surface area contributed by atoms with E-state index in [-0.39, 0.29) is 24.3 Å². The molecule has 15 aromatic carbocycles. The van der Waals surface area contributed by atoms with Crippen LogP contribution in [0.5, 0.6) is 0 Å². The van der Waals surface area contributed by atoms with Gasteiger partial charge in [-0.2, -0.15) is 0 Å². The van der Waals surface area contributed by atoms with Crippen molar-refractivity contribution in [2.24, 2.45) is 0 Å². The Morgan fingerprint density at radius 3 is 1.12 bits per heavy atom. The summed E-state index contributed by atoms with van der Waals surface area (Å²) < 4.78 is 2.56. The van der Waals surface area contributed by atoms with Crippen molar-refractivity contribution in [1.82, 2.24) is 4.57 Å². The Kier molecular flexibility index (Phi) is 14.5. The van der Waals surface area contributed by atoms with E-state index in [2.05, 4.69) is 422 Å². The highest BCUT2D eigenvalue weighted by atomic mass is 15.2. The Labute approximate surface area is 621 Å². The van der Waals surface area contributed by atoms with E-state index >= 15 is 0 Å². The summed E-state index contributed by atoms with van der Waals surface area (Å²) in [6.45, 7) is 13.6. The number of fused-ring (bicyclic) bond motifs is 11. The quantitative estimate of drug-likeness (QED) is 0.127. The smallest absolute Gasteiger partial charge is 0.252 e. The second-order valence-electron chi connectivity index (χ2n) is 30.8. The first-order chi connectivity index (χ1) is 51.9. The van der Waals surface area contributed by atoms with E-state index in [4.69, 9.17) is 0 Å². The molecule has 4 aliphatic rings. The van der Waals surface area contributed by atoms with Crippen LogP contribution in [0.1, 0.15) is 52.7 Å². The molecular weight excluding hydrogens is 1280 g/mol. The van der Waals surface area contributed by atoms with E-state index < -0.39 is 0 Å². The fourth-order valence-corrected chi connectivity index (χ4v) is 17.7. The number of hydrogen-bond acceptors (Lipinski definition) is 5. The molecule has 1 aromatic heterocycles. The molecule has 0 unspecified atom stereocenters. The highest BCUT2D eigenvalue weighted by Crippen LogP contribution is 2.54. The SMILES string of the molecule is CC(C)(C)c1ccc2c(c1)c1cc(C(C)(C)C)ccc1n2-c1cc2c3c(c1)N(c1ccccc1)c1cc4c(cc1B3c1ccccc1N2c1ccccc1)B1c2ccccc2N(c2ccccc2)c2cc(N(c3ccccc3)c3ccccc3-c3ccccc3)cc(c21)N4c1ccccc1-c1ccccc1. The van der Waals surface area contributed by atoms with Gasteiger partial charge in [0.25, 0.3) is 13.4 Å². The molecule has 0 saturated carbocycles. The summed E-state index contributed by atoms with van der Waals surface area (Å²) in [6.07, 6.45) is 0. The van der Waals surface area contributed by atoms with Crippen LogP contribution >= 0.6 is 0 Å². The fraction of sp³-hybridized carbons (Fsp3) is 0.0816. The zero-order valence-corrected chi connectivity index (χ0v) is 60.3. The minimum atomic E-state index is -0.224. The Hall–Kier alpha value is -12.8. The van der Waals surface area contributed by atoms with Crippen molar-refractivity contribution in [3.8, 4) is 27.9 Å². The molecule has 6 nitrogen and oxygen atoms in total. The molecule has 8 heteroatoms. The van der Waals surface area contributed by atoms with Crippen molar-refractivity contribution in [3.63, 3.8) is 0 Å². The second kappa shape index (κ2) is 24.4. The number of para-hydroxylation sites is 8. The molecule has 0 radical (unpaired) electrons. The van der Waals surface area contributed by atoms with Crippen molar-refractivity contribution < 1.29 is 0 Å². The van der Waals surface area contributed by atoms with Gasteiger partial charge in [-0.25, -0.2) is 0 Å². The second-order valence-corrected chi connectivity index (χ2v) is 30.8. The molecule has 0 aliphatic carbocycles. The number of anilines is 15. The van der Waals surface area contributed by atoms with Crippen molar-refractivity contribution in [2.75, 3.05) is 24.5 Å². The zero-order chi connectivity index (χ0) is 71.1. The minimum Gasteiger partial charge on any atom is -0.311 e. The molecular formula is C98H76B2N6. The molecule has 0 bridgehead atoms. The Morgan fingerprint density at radius 2 is 0.632 bits per heavy atom. The molecule has 0 amide bonds. The maximum atomic E-state index is 2.66. The Morgan fingerprint density at radius 1 is 0.255 bits per heavy atom. The van der Waals surface area contributed by atoms with Crippen LogP contribution in [0.3, 0.4) is 0 Å². The van der Waals surface area contributed by atoms with E-state index in [0.717, 1.165) is 113 Å². The first kappa shape index (κ1) is 63.0. The minimum absolute atomic E-state index is 0.0619. The number of nitrogens with zero attached hydrogens (tertiary/aromatic N) is 6. The number of benzene rings is 15.